The maximum Gasteiger partial charge on any atom is 0.140 e. The van der Waals surface area contributed by atoms with Crippen molar-refractivity contribution in [2.24, 2.45) is 0 Å². The van der Waals surface area contributed by atoms with Crippen molar-refractivity contribution < 1.29 is 4.74 Å². The molecule has 1 atom stereocenters. The first kappa shape index (κ1) is 12.0. The Morgan fingerprint density at radius 1 is 1.40 bits per heavy atom. The average Bonchev–Trinajstić information content (AvgIpc) is 2.29. The maximum absolute atomic E-state index is 5.31. The molecule has 84 valence electrons. The molecule has 0 aliphatic rings. The molecule has 2 heteroatoms. The summed E-state index contributed by atoms with van der Waals surface area (Å²) in [6.45, 7) is 4.45. The van der Waals surface area contributed by atoms with Crippen molar-refractivity contribution in [1.82, 2.24) is 4.98 Å². The summed E-state index contributed by atoms with van der Waals surface area (Å²) < 4.78 is 5.31. The largest absolute Gasteiger partial charge is 0.495 e. The number of hydrogen-bond acceptors (Lipinski definition) is 2. The van der Waals surface area contributed by atoms with Crippen molar-refractivity contribution in [3.05, 3.63) is 24.0 Å². The second-order valence-corrected chi connectivity index (χ2v) is 3.99. The van der Waals surface area contributed by atoms with E-state index in [2.05, 4.69) is 18.8 Å². The van der Waals surface area contributed by atoms with Crippen molar-refractivity contribution in [3.63, 3.8) is 0 Å². The van der Waals surface area contributed by atoms with E-state index in [0.29, 0.717) is 5.92 Å². The topological polar surface area (TPSA) is 22.1 Å². The molecule has 0 amide bonds. The summed E-state index contributed by atoms with van der Waals surface area (Å²) in [7, 11) is 1.71. The molecule has 0 aliphatic carbocycles. The van der Waals surface area contributed by atoms with Gasteiger partial charge in [0.1, 0.15) is 5.75 Å². The third kappa shape index (κ3) is 3.54. The van der Waals surface area contributed by atoms with Gasteiger partial charge in [-0.2, -0.15) is 0 Å². The molecule has 0 fully saturated rings. The van der Waals surface area contributed by atoms with E-state index in [1.54, 1.807) is 7.11 Å². The van der Waals surface area contributed by atoms with E-state index in [4.69, 9.17) is 4.74 Å². The van der Waals surface area contributed by atoms with Crippen LogP contribution in [0.4, 0.5) is 0 Å². The van der Waals surface area contributed by atoms with Crippen LogP contribution in [0, 0.1) is 0 Å². The summed E-state index contributed by atoms with van der Waals surface area (Å²) in [5, 5.41) is 0. The molecule has 0 aromatic carbocycles. The summed E-state index contributed by atoms with van der Waals surface area (Å²) in [4.78, 5) is 4.40. The highest BCUT2D eigenvalue weighted by Crippen LogP contribution is 2.27. The molecule has 0 radical (unpaired) electrons. The number of hydrogen-bond donors (Lipinski definition) is 0. The number of ether oxygens (including phenoxy) is 1. The fourth-order valence-corrected chi connectivity index (χ4v) is 1.78. The predicted octanol–water partition coefficient (Wildman–Crippen LogP) is 3.77. The normalized spacial score (nSPS) is 12.5. The number of methoxy groups -OCH3 is 1. The van der Waals surface area contributed by atoms with E-state index in [0.717, 1.165) is 11.4 Å². The van der Waals surface area contributed by atoms with Crippen molar-refractivity contribution >= 4 is 0 Å². The second kappa shape index (κ2) is 6.44. The number of pyridine rings is 1. The van der Waals surface area contributed by atoms with Gasteiger partial charge in [0, 0.05) is 12.1 Å². The minimum Gasteiger partial charge on any atom is -0.495 e. The Kier molecular flexibility index (Phi) is 5.16. The first-order chi connectivity index (χ1) is 7.29. The predicted molar refractivity (Wildman–Crippen MR) is 63.3 cm³/mol. The van der Waals surface area contributed by atoms with Crippen LogP contribution >= 0.6 is 0 Å². The zero-order valence-corrected chi connectivity index (χ0v) is 9.99. The zero-order valence-electron chi connectivity index (χ0n) is 9.99. The molecule has 2 nitrogen and oxygen atoms in total. The Bertz CT molecular complexity index is 286. The van der Waals surface area contributed by atoms with Crippen LogP contribution in [0.1, 0.15) is 51.1 Å². The summed E-state index contributed by atoms with van der Waals surface area (Å²) in [5.74, 6) is 1.41. The van der Waals surface area contributed by atoms with Gasteiger partial charge in [0.05, 0.1) is 12.8 Å². The molecule has 1 heterocycles. The van der Waals surface area contributed by atoms with Gasteiger partial charge in [-0.1, -0.05) is 33.1 Å². The number of aromatic nitrogens is 1. The molecule has 1 unspecified atom stereocenters. The van der Waals surface area contributed by atoms with Crippen molar-refractivity contribution in [3.8, 4) is 5.75 Å². The van der Waals surface area contributed by atoms with Gasteiger partial charge < -0.3 is 4.74 Å². The summed E-state index contributed by atoms with van der Waals surface area (Å²) >= 11 is 0. The van der Waals surface area contributed by atoms with Gasteiger partial charge in [0.2, 0.25) is 0 Å². The highest BCUT2D eigenvalue weighted by atomic mass is 16.5. The molecule has 15 heavy (non-hydrogen) atoms. The number of unbranched alkanes of at least 4 members (excludes halogenated alkanes) is 2. The van der Waals surface area contributed by atoms with Crippen LogP contribution in [-0.2, 0) is 0 Å². The minimum absolute atomic E-state index is 0.493. The van der Waals surface area contributed by atoms with Crippen molar-refractivity contribution in [1.29, 1.82) is 0 Å². The molecule has 1 rings (SSSR count). The fourth-order valence-electron chi connectivity index (χ4n) is 1.78. The van der Waals surface area contributed by atoms with Gasteiger partial charge in [-0.3, -0.25) is 4.98 Å². The molecule has 1 aromatic heterocycles. The monoisotopic (exact) mass is 207 g/mol. The second-order valence-electron chi connectivity index (χ2n) is 3.99. The summed E-state index contributed by atoms with van der Waals surface area (Å²) in [5.41, 5.74) is 1.09. The van der Waals surface area contributed by atoms with E-state index >= 15 is 0 Å². The Labute approximate surface area is 92.7 Å². The Hall–Kier alpha value is -1.05. The van der Waals surface area contributed by atoms with Gasteiger partial charge in [0.25, 0.3) is 0 Å². The van der Waals surface area contributed by atoms with Gasteiger partial charge in [-0.15, -0.1) is 0 Å². The maximum atomic E-state index is 5.31. The number of nitrogens with zero attached hydrogens (tertiary/aromatic N) is 1. The van der Waals surface area contributed by atoms with Crippen molar-refractivity contribution in [2.45, 2.75) is 45.4 Å². The lowest BCUT2D eigenvalue weighted by Crippen LogP contribution is -2.00. The molecular weight excluding hydrogens is 186 g/mol. The number of rotatable bonds is 6. The highest BCUT2D eigenvalue weighted by molar-refractivity contribution is 5.29. The SMILES string of the molecule is CCCCCC(C)c1ncccc1OC. The lowest BCUT2D eigenvalue weighted by Gasteiger charge is -2.13. The lowest BCUT2D eigenvalue weighted by molar-refractivity contribution is 0.400. The summed E-state index contributed by atoms with van der Waals surface area (Å²) in [6, 6.07) is 3.90. The molecule has 1 aromatic rings. The van der Waals surface area contributed by atoms with E-state index in [9.17, 15) is 0 Å². The van der Waals surface area contributed by atoms with E-state index in [1.165, 1.54) is 25.7 Å². The van der Waals surface area contributed by atoms with Crippen LogP contribution in [-0.4, -0.2) is 12.1 Å². The van der Waals surface area contributed by atoms with Crippen LogP contribution in [0.2, 0.25) is 0 Å². The zero-order chi connectivity index (χ0) is 11.1. The molecule has 0 saturated carbocycles. The quantitative estimate of drug-likeness (QED) is 0.662. The van der Waals surface area contributed by atoms with Gasteiger partial charge in [0.15, 0.2) is 0 Å². The Morgan fingerprint density at radius 2 is 2.20 bits per heavy atom. The molecular formula is C13H21NO. The Morgan fingerprint density at radius 3 is 2.87 bits per heavy atom. The van der Waals surface area contributed by atoms with Crippen LogP contribution in [0.3, 0.4) is 0 Å². The van der Waals surface area contributed by atoms with E-state index < -0.39 is 0 Å². The first-order valence-electron chi connectivity index (χ1n) is 5.78. The molecule has 0 aliphatic heterocycles. The lowest BCUT2D eigenvalue weighted by atomic mass is 9.99. The average molecular weight is 207 g/mol. The van der Waals surface area contributed by atoms with Crippen LogP contribution in [0.5, 0.6) is 5.75 Å². The van der Waals surface area contributed by atoms with Crippen LogP contribution < -0.4 is 4.74 Å². The molecule has 0 saturated heterocycles. The van der Waals surface area contributed by atoms with E-state index in [1.807, 2.05) is 18.3 Å². The third-order valence-electron chi connectivity index (χ3n) is 2.73. The Balaban J connectivity index is 2.59. The smallest absolute Gasteiger partial charge is 0.140 e. The van der Waals surface area contributed by atoms with E-state index in [-0.39, 0.29) is 0 Å². The van der Waals surface area contributed by atoms with Gasteiger partial charge >= 0.3 is 0 Å². The van der Waals surface area contributed by atoms with Crippen LogP contribution in [0.25, 0.3) is 0 Å². The first-order valence-corrected chi connectivity index (χ1v) is 5.78. The van der Waals surface area contributed by atoms with Crippen LogP contribution in [0.15, 0.2) is 18.3 Å². The highest BCUT2D eigenvalue weighted by Gasteiger charge is 2.11. The minimum atomic E-state index is 0.493. The van der Waals surface area contributed by atoms with Crippen molar-refractivity contribution in [2.75, 3.05) is 7.11 Å². The fraction of sp³-hybridized carbons (Fsp3) is 0.615. The molecule has 0 bridgehead atoms. The standard InChI is InChI=1S/C13H21NO/c1-4-5-6-8-11(2)13-12(15-3)9-7-10-14-13/h7,9-11H,4-6,8H2,1-3H3. The van der Waals surface area contributed by atoms with Gasteiger partial charge in [-0.05, 0) is 18.6 Å². The third-order valence-corrected chi connectivity index (χ3v) is 2.73. The molecule has 0 N–H and O–H groups in total. The summed E-state index contributed by atoms with van der Waals surface area (Å²) in [6.07, 6.45) is 6.89. The molecule has 0 spiro atoms. The van der Waals surface area contributed by atoms with Gasteiger partial charge in [-0.25, -0.2) is 0 Å².